The average molecular weight is 362 g/mol. The molecule has 0 saturated carbocycles. The Morgan fingerprint density at radius 2 is 1.76 bits per heavy atom. The molecule has 0 radical (unpaired) electrons. The quantitative estimate of drug-likeness (QED) is 0.434. The van der Waals surface area contributed by atoms with Crippen molar-refractivity contribution in [3.05, 3.63) is 75.4 Å². The molecular weight excluding hydrogens is 348 g/mol. The van der Waals surface area contributed by atoms with Gasteiger partial charge in [0.2, 0.25) is 5.90 Å². The summed E-state index contributed by atoms with van der Waals surface area (Å²) in [7, 11) is 0. The van der Waals surface area contributed by atoms with Crippen LogP contribution in [0.3, 0.4) is 0 Å². The summed E-state index contributed by atoms with van der Waals surface area (Å²) in [4.78, 5) is 16.0. The lowest BCUT2D eigenvalue weighted by atomic mass is 10.0. The monoisotopic (exact) mass is 361 g/mol. The van der Waals surface area contributed by atoms with E-state index in [0.717, 1.165) is 17.7 Å². The van der Waals surface area contributed by atoms with Gasteiger partial charge in [-0.2, -0.15) is 0 Å². The lowest BCUT2D eigenvalue weighted by molar-refractivity contribution is -0.129. The third-order valence-corrected chi connectivity index (χ3v) is 4.08. The molecule has 0 bridgehead atoms. The fourth-order valence-electron chi connectivity index (χ4n) is 2.35. The topological polar surface area (TPSA) is 38.7 Å². The number of hydrogen-bond acceptors (Lipinski definition) is 3. The van der Waals surface area contributed by atoms with Crippen LogP contribution in [0.5, 0.6) is 0 Å². The maximum absolute atomic E-state index is 13.4. The molecule has 6 heteroatoms. The first-order valence-electron chi connectivity index (χ1n) is 7.62. The molecule has 128 valence electrons. The summed E-state index contributed by atoms with van der Waals surface area (Å²) in [5.41, 5.74) is 2.03. The Hall–Kier alpha value is -2.53. The molecule has 0 aliphatic carbocycles. The van der Waals surface area contributed by atoms with Crippen molar-refractivity contribution in [2.75, 3.05) is 0 Å². The summed E-state index contributed by atoms with van der Waals surface area (Å²) in [5.74, 6) is -2.61. The van der Waals surface area contributed by atoms with Crippen LogP contribution in [0, 0.1) is 11.6 Å². The van der Waals surface area contributed by atoms with Gasteiger partial charge in [-0.15, -0.1) is 0 Å². The largest absolute Gasteiger partial charge is 0.402 e. The van der Waals surface area contributed by atoms with Gasteiger partial charge in [-0.1, -0.05) is 49.7 Å². The second kappa shape index (κ2) is 6.76. The molecule has 0 atom stereocenters. The standard InChI is InChI=1S/C19H14ClF2NO2/c1-10(2)12-5-3-11(4-6-12)7-17-19(24)25-18(23-17)13-8-15(21)16(22)9-14(13)20/h3-10H,1-2H3/b17-7+. The molecule has 0 N–H and O–H groups in total. The van der Waals surface area contributed by atoms with Crippen molar-refractivity contribution in [3.63, 3.8) is 0 Å². The summed E-state index contributed by atoms with van der Waals surface area (Å²) in [6.07, 6.45) is 1.56. The Morgan fingerprint density at radius 3 is 2.40 bits per heavy atom. The van der Waals surface area contributed by atoms with Crippen molar-refractivity contribution in [2.24, 2.45) is 4.99 Å². The lowest BCUT2D eigenvalue weighted by Gasteiger charge is -2.04. The molecule has 1 aliphatic heterocycles. The van der Waals surface area contributed by atoms with Gasteiger partial charge in [0.05, 0.1) is 10.6 Å². The molecule has 0 amide bonds. The number of nitrogens with zero attached hydrogens (tertiary/aromatic N) is 1. The van der Waals surface area contributed by atoms with Crippen molar-refractivity contribution in [3.8, 4) is 0 Å². The Labute approximate surface area is 148 Å². The third kappa shape index (κ3) is 3.61. The molecule has 1 aliphatic rings. The van der Waals surface area contributed by atoms with E-state index in [1.165, 1.54) is 5.56 Å². The molecular formula is C19H14ClF2NO2. The minimum Gasteiger partial charge on any atom is -0.402 e. The van der Waals surface area contributed by atoms with Gasteiger partial charge in [0.25, 0.3) is 0 Å². The van der Waals surface area contributed by atoms with Gasteiger partial charge >= 0.3 is 5.97 Å². The Balaban J connectivity index is 1.93. The average Bonchev–Trinajstić information content (AvgIpc) is 2.92. The number of rotatable bonds is 3. The van der Waals surface area contributed by atoms with E-state index in [4.69, 9.17) is 16.3 Å². The van der Waals surface area contributed by atoms with Gasteiger partial charge in [0.15, 0.2) is 17.3 Å². The fourth-order valence-corrected chi connectivity index (χ4v) is 2.58. The molecule has 0 saturated heterocycles. The zero-order valence-electron chi connectivity index (χ0n) is 13.5. The fraction of sp³-hybridized carbons (Fsp3) is 0.158. The van der Waals surface area contributed by atoms with Crippen LogP contribution in [0.15, 0.2) is 47.1 Å². The zero-order chi connectivity index (χ0) is 18.1. The first-order chi connectivity index (χ1) is 11.8. The van der Waals surface area contributed by atoms with Gasteiger partial charge in [-0.3, -0.25) is 0 Å². The Bertz CT molecular complexity index is 902. The maximum Gasteiger partial charge on any atom is 0.363 e. The van der Waals surface area contributed by atoms with Crippen LogP contribution in [0.4, 0.5) is 8.78 Å². The lowest BCUT2D eigenvalue weighted by Crippen LogP contribution is -2.07. The molecule has 0 unspecified atom stereocenters. The number of carbonyl (C=O) groups excluding carboxylic acids is 1. The van der Waals surface area contributed by atoms with E-state index in [0.29, 0.717) is 5.92 Å². The van der Waals surface area contributed by atoms with Crippen molar-refractivity contribution in [1.29, 1.82) is 0 Å². The van der Waals surface area contributed by atoms with Gasteiger partial charge in [-0.05, 0) is 35.3 Å². The highest BCUT2D eigenvalue weighted by Crippen LogP contribution is 2.26. The van der Waals surface area contributed by atoms with E-state index >= 15 is 0 Å². The number of benzene rings is 2. The second-order valence-corrected chi connectivity index (χ2v) is 6.31. The van der Waals surface area contributed by atoms with Gasteiger partial charge in [0.1, 0.15) is 0 Å². The second-order valence-electron chi connectivity index (χ2n) is 5.90. The highest BCUT2D eigenvalue weighted by Gasteiger charge is 2.26. The zero-order valence-corrected chi connectivity index (χ0v) is 14.3. The number of esters is 1. The van der Waals surface area contributed by atoms with Crippen molar-refractivity contribution in [2.45, 2.75) is 19.8 Å². The van der Waals surface area contributed by atoms with Gasteiger partial charge < -0.3 is 4.74 Å². The van der Waals surface area contributed by atoms with Crippen LogP contribution in [-0.2, 0) is 9.53 Å². The normalized spacial score (nSPS) is 15.7. The van der Waals surface area contributed by atoms with E-state index < -0.39 is 17.6 Å². The molecule has 0 spiro atoms. The number of aliphatic imine (C=N–C) groups is 1. The van der Waals surface area contributed by atoms with Gasteiger partial charge in [0, 0.05) is 0 Å². The summed E-state index contributed by atoms with van der Waals surface area (Å²) < 4.78 is 31.6. The number of carbonyl (C=O) groups is 1. The third-order valence-electron chi connectivity index (χ3n) is 3.77. The molecule has 2 aromatic rings. The molecule has 0 fully saturated rings. The maximum atomic E-state index is 13.4. The molecule has 3 nitrogen and oxygen atoms in total. The minimum atomic E-state index is -1.10. The number of cyclic esters (lactones) is 1. The predicted octanol–water partition coefficient (Wildman–Crippen LogP) is 5.09. The van der Waals surface area contributed by atoms with Crippen LogP contribution < -0.4 is 0 Å². The van der Waals surface area contributed by atoms with Crippen LogP contribution in [0.25, 0.3) is 6.08 Å². The van der Waals surface area contributed by atoms with Crippen molar-refractivity contribution >= 4 is 29.5 Å². The number of ether oxygens (including phenoxy) is 1. The summed E-state index contributed by atoms with van der Waals surface area (Å²) in [6, 6.07) is 9.34. The van der Waals surface area contributed by atoms with Crippen molar-refractivity contribution < 1.29 is 18.3 Å². The predicted molar refractivity (Wildman–Crippen MR) is 92.5 cm³/mol. The van der Waals surface area contributed by atoms with E-state index in [1.54, 1.807) is 6.08 Å². The van der Waals surface area contributed by atoms with E-state index in [2.05, 4.69) is 18.8 Å². The van der Waals surface area contributed by atoms with Crippen LogP contribution >= 0.6 is 11.6 Å². The molecule has 25 heavy (non-hydrogen) atoms. The first kappa shape index (κ1) is 17.3. The molecule has 3 rings (SSSR count). The van der Waals surface area contributed by atoms with E-state index in [1.807, 2.05) is 24.3 Å². The minimum absolute atomic E-state index is 0.0208. The van der Waals surface area contributed by atoms with Crippen LogP contribution in [0.2, 0.25) is 5.02 Å². The molecule has 1 heterocycles. The summed E-state index contributed by atoms with van der Waals surface area (Å²) in [6.45, 7) is 4.17. The number of hydrogen-bond donors (Lipinski definition) is 0. The highest BCUT2D eigenvalue weighted by atomic mass is 35.5. The van der Waals surface area contributed by atoms with Crippen LogP contribution in [0.1, 0.15) is 36.5 Å². The van der Waals surface area contributed by atoms with Crippen LogP contribution in [-0.4, -0.2) is 11.9 Å². The summed E-state index contributed by atoms with van der Waals surface area (Å²) >= 11 is 5.89. The number of halogens is 3. The van der Waals surface area contributed by atoms with E-state index in [-0.39, 0.29) is 22.2 Å². The highest BCUT2D eigenvalue weighted by molar-refractivity contribution is 6.34. The molecule has 2 aromatic carbocycles. The smallest absolute Gasteiger partial charge is 0.363 e. The first-order valence-corrected chi connectivity index (χ1v) is 8.00. The van der Waals surface area contributed by atoms with Gasteiger partial charge in [-0.25, -0.2) is 18.6 Å². The molecule has 0 aromatic heterocycles. The Morgan fingerprint density at radius 1 is 1.12 bits per heavy atom. The van der Waals surface area contributed by atoms with E-state index in [9.17, 15) is 13.6 Å². The van der Waals surface area contributed by atoms with Crippen molar-refractivity contribution in [1.82, 2.24) is 0 Å². The SMILES string of the molecule is CC(C)c1ccc(/C=C2/N=C(c3cc(F)c(F)cc3Cl)OC2=O)cc1. The Kier molecular flexibility index (Phi) is 4.68. The summed E-state index contributed by atoms with van der Waals surface area (Å²) in [5, 5.41) is -0.0898.